The number of rotatable bonds is 6. The lowest BCUT2D eigenvalue weighted by molar-refractivity contribution is -0.122. The quantitative estimate of drug-likeness (QED) is 0.316. The van der Waals surface area contributed by atoms with E-state index in [0.29, 0.717) is 17.2 Å². The van der Waals surface area contributed by atoms with Gasteiger partial charge in [0.1, 0.15) is 17.1 Å². The lowest BCUT2D eigenvalue weighted by atomic mass is 10.1. The third-order valence-electron chi connectivity index (χ3n) is 4.90. The van der Waals surface area contributed by atoms with E-state index in [2.05, 4.69) is 5.32 Å². The molecule has 4 rings (SSSR count). The Morgan fingerprint density at radius 2 is 1.61 bits per heavy atom. The summed E-state index contributed by atoms with van der Waals surface area (Å²) >= 11 is 6.92. The molecule has 1 fully saturated rings. The van der Waals surface area contributed by atoms with E-state index in [0.717, 1.165) is 15.4 Å². The molecule has 3 aromatic carbocycles. The second kappa shape index (κ2) is 9.89. The van der Waals surface area contributed by atoms with Crippen molar-refractivity contribution >= 4 is 52.7 Å². The molecule has 0 bridgehead atoms. The summed E-state index contributed by atoms with van der Waals surface area (Å²) in [4.78, 5) is 29.3. The molecule has 33 heavy (non-hydrogen) atoms. The van der Waals surface area contributed by atoms with Crippen LogP contribution in [0, 0.1) is 0 Å². The SMILES string of the molecule is COc1ccc(N2C(=O)/C(=C/c3ccc(Sc4ccccc4)cc3)C(=O)NC2=S)c(OC)c1. The van der Waals surface area contributed by atoms with E-state index in [1.165, 1.54) is 19.1 Å². The van der Waals surface area contributed by atoms with Gasteiger partial charge in [0.05, 0.1) is 19.9 Å². The number of hydrogen-bond donors (Lipinski definition) is 1. The largest absolute Gasteiger partial charge is 0.497 e. The van der Waals surface area contributed by atoms with Crippen LogP contribution < -0.4 is 19.7 Å². The number of carbonyl (C=O) groups excluding carboxylic acids is 2. The molecule has 0 aliphatic carbocycles. The molecule has 1 heterocycles. The van der Waals surface area contributed by atoms with Crippen molar-refractivity contribution < 1.29 is 19.1 Å². The number of nitrogens with zero attached hydrogens (tertiary/aromatic N) is 1. The lowest BCUT2D eigenvalue weighted by Gasteiger charge is -2.30. The highest BCUT2D eigenvalue weighted by Gasteiger charge is 2.36. The Morgan fingerprint density at radius 1 is 0.909 bits per heavy atom. The van der Waals surface area contributed by atoms with Gasteiger partial charge in [0.15, 0.2) is 5.11 Å². The zero-order chi connectivity index (χ0) is 23.4. The maximum Gasteiger partial charge on any atom is 0.270 e. The summed E-state index contributed by atoms with van der Waals surface area (Å²) in [6.07, 6.45) is 1.55. The van der Waals surface area contributed by atoms with Gasteiger partial charge in [0.2, 0.25) is 0 Å². The fourth-order valence-corrected chi connectivity index (χ4v) is 4.38. The molecule has 3 aromatic rings. The third kappa shape index (κ3) is 4.92. The first-order valence-corrected chi connectivity index (χ1v) is 11.2. The van der Waals surface area contributed by atoms with Crippen LogP contribution in [-0.2, 0) is 9.59 Å². The first-order chi connectivity index (χ1) is 16.0. The van der Waals surface area contributed by atoms with E-state index >= 15 is 0 Å². The fourth-order valence-electron chi connectivity index (χ4n) is 3.27. The van der Waals surface area contributed by atoms with Gasteiger partial charge in [-0.2, -0.15) is 0 Å². The molecule has 2 amide bonds. The van der Waals surface area contributed by atoms with Gasteiger partial charge in [-0.1, -0.05) is 42.1 Å². The highest BCUT2D eigenvalue weighted by Crippen LogP contribution is 2.34. The summed E-state index contributed by atoms with van der Waals surface area (Å²) in [7, 11) is 3.02. The maximum absolute atomic E-state index is 13.3. The third-order valence-corrected chi connectivity index (χ3v) is 6.20. The number of thiocarbonyl (C=S) groups is 1. The summed E-state index contributed by atoms with van der Waals surface area (Å²) in [6, 6.07) is 22.7. The first-order valence-electron chi connectivity index (χ1n) is 9.96. The molecule has 0 spiro atoms. The van der Waals surface area contributed by atoms with Crippen LogP contribution >= 0.6 is 24.0 Å². The highest BCUT2D eigenvalue weighted by atomic mass is 32.2. The van der Waals surface area contributed by atoms with Crippen molar-refractivity contribution in [3.8, 4) is 11.5 Å². The summed E-state index contributed by atoms with van der Waals surface area (Å²) in [5.74, 6) is -0.117. The van der Waals surface area contributed by atoms with E-state index in [1.54, 1.807) is 36.0 Å². The second-order valence-corrected chi connectivity index (χ2v) is 8.51. The number of anilines is 1. The fraction of sp³-hybridized carbons (Fsp3) is 0.0800. The number of benzene rings is 3. The number of carbonyl (C=O) groups is 2. The molecule has 0 unspecified atom stereocenters. The van der Waals surface area contributed by atoms with Crippen molar-refractivity contribution in [2.24, 2.45) is 0 Å². The maximum atomic E-state index is 13.3. The number of ether oxygens (including phenoxy) is 2. The van der Waals surface area contributed by atoms with Gasteiger partial charge in [-0.05, 0) is 60.3 Å². The van der Waals surface area contributed by atoms with Gasteiger partial charge in [-0.25, -0.2) is 4.90 Å². The van der Waals surface area contributed by atoms with Crippen molar-refractivity contribution in [3.63, 3.8) is 0 Å². The van der Waals surface area contributed by atoms with E-state index in [9.17, 15) is 9.59 Å². The normalized spacial score (nSPS) is 14.9. The van der Waals surface area contributed by atoms with Gasteiger partial charge in [-0.15, -0.1) is 0 Å². The average Bonchev–Trinajstić information content (AvgIpc) is 2.83. The Kier molecular flexibility index (Phi) is 6.76. The summed E-state index contributed by atoms with van der Waals surface area (Å²) in [5, 5.41) is 2.58. The van der Waals surface area contributed by atoms with Crippen molar-refractivity contribution in [2.75, 3.05) is 19.1 Å². The van der Waals surface area contributed by atoms with Crippen LogP contribution in [0.4, 0.5) is 5.69 Å². The van der Waals surface area contributed by atoms with Crippen molar-refractivity contribution in [3.05, 3.63) is 83.9 Å². The number of amides is 2. The van der Waals surface area contributed by atoms with Crippen LogP contribution in [0.5, 0.6) is 11.5 Å². The average molecular weight is 477 g/mol. The van der Waals surface area contributed by atoms with E-state index in [1.807, 2.05) is 54.6 Å². The first kappa shape index (κ1) is 22.6. The van der Waals surface area contributed by atoms with Crippen molar-refractivity contribution in [1.82, 2.24) is 5.32 Å². The van der Waals surface area contributed by atoms with Crippen LogP contribution in [0.15, 0.2) is 88.2 Å². The van der Waals surface area contributed by atoms with E-state index in [4.69, 9.17) is 21.7 Å². The van der Waals surface area contributed by atoms with Crippen LogP contribution in [0.1, 0.15) is 5.56 Å². The van der Waals surface area contributed by atoms with Gasteiger partial charge in [0, 0.05) is 15.9 Å². The Labute approximate surface area is 201 Å². The Morgan fingerprint density at radius 3 is 2.27 bits per heavy atom. The minimum atomic E-state index is -0.545. The molecular weight excluding hydrogens is 456 g/mol. The molecule has 8 heteroatoms. The van der Waals surface area contributed by atoms with Crippen LogP contribution in [0.25, 0.3) is 6.08 Å². The topological polar surface area (TPSA) is 67.9 Å². The number of nitrogens with one attached hydrogen (secondary N) is 1. The Bertz CT molecular complexity index is 1240. The molecule has 0 aromatic heterocycles. The lowest BCUT2D eigenvalue weighted by Crippen LogP contribution is -2.54. The summed E-state index contributed by atoms with van der Waals surface area (Å²) in [5.41, 5.74) is 1.11. The molecule has 0 atom stereocenters. The zero-order valence-electron chi connectivity index (χ0n) is 17.9. The molecule has 1 aliphatic heterocycles. The van der Waals surface area contributed by atoms with Gasteiger partial charge in [-0.3, -0.25) is 14.9 Å². The van der Waals surface area contributed by atoms with Gasteiger partial charge in [0.25, 0.3) is 11.8 Å². The summed E-state index contributed by atoms with van der Waals surface area (Å²) in [6.45, 7) is 0. The smallest absolute Gasteiger partial charge is 0.270 e. The standard InChI is InChI=1S/C25H20N2O4S2/c1-30-17-10-13-21(22(15-17)31-2)27-24(29)20(23(28)26-25(27)32)14-16-8-11-19(12-9-16)33-18-6-4-3-5-7-18/h3-15H,1-2H3,(H,26,28,32)/b20-14+. The molecule has 1 aliphatic rings. The molecule has 166 valence electrons. The highest BCUT2D eigenvalue weighted by molar-refractivity contribution is 7.99. The predicted octanol–water partition coefficient (Wildman–Crippen LogP) is 4.69. The minimum absolute atomic E-state index is 0.0137. The summed E-state index contributed by atoms with van der Waals surface area (Å²) < 4.78 is 10.6. The Balaban J connectivity index is 1.62. The van der Waals surface area contributed by atoms with E-state index in [-0.39, 0.29) is 10.7 Å². The van der Waals surface area contributed by atoms with Crippen molar-refractivity contribution in [2.45, 2.75) is 9.79 Å². The molecule has 6 nitrogen and oxygen atoms in total. The monoisotopic (exact) mass is 476 g/mol. The molecule has 0 saturated carbocycles. The van der Waals surface area contributed by atoms with Gasteiger partial charge >= 0.3 is 0 Å². The van der Waals surface area contributed by atoms with Gasteiger partial charge < -0.3 is 9.47 Å². The zero-order valence-corrected chi connectivity index (χ0v) is 19.5. The molecule has 1 N–H and O–H groups in total. The molecular formula is C25H20N2O4S2. The second-order valence-electron chi connectivity index (χ2n) is 6.98. The molecule has 0 radical (unpaired) electrons. The predicted molar refractivity (Wildman–Crippen MR) is 133 cm³/mol. The van der Waals surface area contributed by atoms with Crippen LogP contribution in [-0.4, -0.2) is 31.1 Å². The van der Waals surface area contributed by atoms with Crippen molar-refractivity contribution in [1.29, 1.82) is 0 Å². The van der Waals surface area contributed by atoms with Crippen LogP contribution in [0.2, 0.25) is 0 Å². The Hall–Kier alpha value is -3.62. The van der Waals surface area contributed by atoms with Crippen LogP contribution in [0.3, 0.4) is 0 Å². The number of methoxy groups -OCH3 is 2. The number of hydrogen-bond acceptors (Lipinski definition) is 6. The van der Waals surface area contributed by atoms with E-state index < -0.39 is 11.8 Å². The molecule has 1 saturated heterocycles. The minimum Gasteiger partial charge on any atom is -0.497 e.